The van der Waals surface area contributed by atoms with E-state index in [1.165, 1.54) is 19.2 Å². The lowest BCUT2D eigenvalue weighted by Gasteiger charge is -2.28. The summed E-state index contributed by atoms with van der Waals surface area (Å²) in [6.45, 7) is 3.77. The van der Waals surface area contributed by atoms with Crippen LogP contribution in [0.1, 0.15) is 20.3 Å². The maximum Gasteiger partial charge on any atom is 0.328 e. The number of hydrogen-bond acceptors (Lipinski definition) is 4. The second kappa shape index (κ2) is 6.52. The standard InChI is InChI=1S/C14H20FNO3/c1-14(2,19-4)9-12(13(17)18-3)16-11-7-5-10(15)6-8-11/h5-8,12,16H,9H2,1-4H3. The van der Waals surface area contributed by atoms with Gasteiger partial charge in [-0.1, -0.05) is 0 Å². The maximum atomic E-state index is 12.8. The van der Waals surface area contributed by atoms with E-state index in [0.717, 1.165) is 0 Å². The lowest BCUT2D eigenvalue weighted by molar-refractivity contribution is -0.143. The Morgan fingerprint density at radius 1 is 1.32 bits per heavy atom. The van der Waals surface area contributed by atoms with Crippen molar-refractivity contribution in [3.8, 4) is 0 Å². The first-order valence-corrected chi connectivity index (χ1v) is 6.03. The van der Waals surface area contributed by atoms with Crippen LogP contribution in [0.5, 0.6) is 0 Å². The van der Waals surface area contributed by atoms with Gasteiger partial charge in [-0.15, -0.1) is 0 Å². The zero-order valence-corrected chi connectivity index (χ0v) is 11.7. The minimum absolute atomic E-state index is 0.322. The molecule has 4 nitrogen and oxygen atoms in total. The normalized spacial score (nSPS) is 12.9. The predicted molar refractivity (Wildman–Crippen MR) is 71.5 cm³/mol. The first-order chi connectivity index (χ1) is 8.88. The average Bonchev–Trinajstić information content (AvgIpc) is 2.39. The largest absolute Gasteiger partial charge is 0.467 e. The van der Waals surface area contributed by atoms with Crippen LogP contribution in [0.2, 0.25) is 0 Å². The number of anilines is 1. The van der Waals surface area contributed by atoms with Gasteiger partial charge in [-0.05, 0) is 38.1 Å². The van der Waals surface area contributed by atoms with Crippen molar-refractivity contribution in [3.63, 3.8) is 0 Å². The molecule has 1 N–H and O–H groups in total. The van der Waals surface area contributed by atoms with Gasteiger partial charge >= 0.3 is 5.97 Å². The lowest BCUT2D eigenvalue weighted by Crippen LogP contribution is -2.39. The van der Waals surface area contributed by atoms with Crippen LogP contribution in [0.4, 0.5) is 10.1 Å². The van der Waals surface area contributed by atoms with Crippen LogP contribution >= 0.6 is 0 Å². The minimum Gasteiger partial charge on any atom is -0.467 e. The van der Waals surface area contributed by atoms with Crippen molar-refractivity contribution < 1.29 is 18.7 Å². The van der Waals surface area contributed by atoms with E-state index in [1.807, 2.05) is 13.8 Å². The van der Waals surface area contributed by atoms with Crippen LogP contribution in [0.3, 0.4) is 0 Å². The molecule has 0 aliphatic carbocycles. The number of nitrogens with one attached hydrogen (secondary N) is 1. The van der Waals surface area contributed by atoms with Gasteiger partial charge in [0.25, 0.3) is 0 Å². The molecule has 0 aliphatic heterocycles. The molecule has 0 heterocycles. The molecule has 1 atom stereocenters. The summed E-state index contributed by atoms with van der Waals surface area (Å²) in [4.78, 5) is 11.8. The highest BCUT2D eigenvalue weighted by Gasteiger charge is 2.28. The molecule has 0 radical (unpaired) electrons. The fourth-order valence-corrected chi connectivity index (χ4v) is 1.66. The third-order valence-corrected chi connectivity index (χ3v) is 2.92. The number of esters is 1. The molecule has 1 unspecified atom stereocenters. The summed E-state index contributed by atoms with van der Waals surface area (Å²) in [7, 11) is 2.92. The molecule has 0 fully saturated rings. The van der Waals surface area contributed by atoms with E-state index in [-0.39, 0.29) is 11.8 Å². The highest BCUT2D eigenvalue weighted by molar-refractivity contribution is 5.79. The van der Waals surface area contributed by atoms with E-state index >= 15 is 0 Å². The summed E-state index contributed by atoms with van der Waals surface area (Å²) >= 11 is 0. The fraction of sp³-hybridized carbons (Fsp3) is 0.500. The molecule has 106 valence electrons. The third-order valence-electron chi connectivity index (χ3n) is 2.92. The molecule has 0 bridgehead atoms. The van der Waals surface area contributed by atoms with E-state index in [4.69, 9.17) is 9.47 Å². The van der Waals surface area contributed by atoms with E-state index in [2.05, 4.69) is 5.32 Å². The van der Waals surface area contributed by atoms with Crippen LogP contribution in [0.15, 0.2) is 24.3 Å². The van der Waals surface area contributed by atoms with Gasteiger partial charge in [0, 0.05) is 19.2 Å². The van der Waals surface area contributed by atoms with Gasteiger partial charge in [0.2, 0.25) is 0 Å². The molecule has 0 aliphatic rings. The molecular weight excluding hydrogens is 249 g/mol. The zero-order chi connectivity index (χ0) is 14.5. The smallest absolute Gasteiger partial charge is 0.328 e. The van der Waals surface area contributed by atoms with Crippen molar-refractivity contribution in [1.82, 2.24) is 0 Å². The number of benzene rings is 1. The topological polar surface area (TPSA) is 47.6 Å². The quantitative estimate of drug-likeness (QED) is 0.806. The zero-order valence-electron chi connectivity index (χ0n) is 11.7. The highest BCUT2D eigenvalue weighted by atomic mass is 19.1. The average molecular weight is 269 g/mol. The Labute approximate surface area is 112 Å². The summed E-state index contributed by atoms with van der Waals surface area (Å²) in [5.41, 5.74) is 0.190. The highest BCUT2D eigenvalue weighted by Crippen LogP contribution is 2.20. The van der Waals surface area contributed by atoms with E-state index in [1.54, 1.807) is 19.2 Å². The van der Waals surface area contributed by atoms with Crippen LogP contribution < -0.4 is 5.32 Å². The molecule has 0 saturated carbocycles. The van der Waals surface area contributed by atoms with Gasteiger partial charge in [0.1, 0.15) is 11.9 Å². The number of methoxy groups -OCH3 is 2. The van der Waals surface area contributed by atoms with E-state index < -0.39 is 11.6 Å². The Kier molecular flexibility index (Phi) is 5.30. The summed E-state index contributed by atoms with van der Waals surface area (Å²) in [6, 6.07) is 5.26. The number of ether oxygens (including phenoxy) is 2. The molecule has 0 spiro atoms. The summed E-state index contributed by atoms with van der Waals surface area (Å²) in [5.74, 6) is -0.702. The van der Waals surface area contributed by atoms with Gasteiger partial charge in [-0.2, -0.15) is 0 Å². The van der Waals surface area contributed by atoms with Crippen molar-refractivity contribution in [2.24, 2.45) is 0 Å². The van der Waals surface area contributed by atoms with Crippen molar-refractivity contribution in [2.45, 2.75) is 31.9 Å². The Bertz CT molecular complexity index is 417. The minimum atomic E-state index is -0.551. The van der Waals surface area contributed by atoms with Gasteiger partial charge in [-0.3, -0.25) is 0 Å². The first-order valence-electron chi connectivity index (χ1n) is 6.03. The number of hydrogen-bond donors (Lipinski definition) is 1. The number of carbonyl (C=O) groups is 1. The molecule has 0 aromatic heterocycles. The third kappa shape index (κ3) is 4.87. The Hall–Kier alpha value is -1.62. The molecular formula is C14H20FNO3. The number of halogens is 1. The Morgan fingerprint density at radius 3 is 2.37 bits per heavy atom. The van der Waals surface area contributed by atoms with Crippen molar-refractivity contribution in [3.05, 3.63) is 30.1 Å². The number of rotatable bonds is 6. The summed E-state index contributed by atoms with van der Waals surface area (Å²) < 4.78 is 22.9. The van der Waals surface area contributed by atoms with Crippen LogP contribution in [-0.2, 0) is 14.3 Å². The Balaban J connectivity index is 2.80. The van der Waals surface area contributed by atoms with Crippen molar-refractivity contribution >= 4 is 11.7 Å². The molecule has 5 heteroatoms. The molecule has 1 aromatic carbocycles. The molecule has 19 heavy (non-hydrogen) atoms. The van der Waals surface area contributed by atoms with Crippen molar-refractivity contribution in [2.75, 3.05) is 19.5 Å². The summed E-state index contributed by atoms with van der Waals surface area (Å²) in [5, 5.41) is 3.03. The fourth-order valence-electron chi connectivity index (χ4n) is 1.66. The van der Waals surface area contributed by atoms with Gasteiger partial charge in [-0.25, -0.2) is 9.18 Å². The van der Waals surface area contributed by atoms with Gasteiger partial charge in [0.15, 0.2) is 0 Å². The second-order valence-corrected chi connectivity index (χ2v) is 4.89. The van der Waals surface area contributed by atoms with Gasteiger partial charge in [0.05, 0.1) is 12.7 Å². The Morgan fingerprint density at radius 2 is 1.89 bits per heavy atom. The number of carbonyl (C=O) groups excluding carboxylic acids is 1. The van der Waals surface area contributed by atoms with Gasteiger partial charge < -0.3 is 14.8 Å². The van der Waals surface area contributed by atoms with Crippen LogP contribution in [0, 0.1) is 5.82 Å². The lowest BCUT2D eigenvalue weighted by atomic mass is 9.98. The monoisotopic (exact) mass is 269 g/mol. The first kappa shape index (κ1) is 15.4. The molecule has 0 saturated heterocycles. The predicted octanol–water partition coefficient (Wildman–Crippen LogP) is 2.59. The molecule has 1 aromatic rings. The summed E-state index contributed by atoms with van der Waals surface area (Å²) in [6.07, 6.45) is 0.438. The van der Waals surface area contributed by atoms with Crippen LogP contribution in [-0.4, -0.2) is 31.8 Å². The SMILES string of the molecule is COC(=O)C(CC(C)(C)OC)Nc1ccc(F)cc1. The van der Waals surface area contributed by atoms with Crippen LogP contribution in [0.25, 0.3) is 0 Å². The maximum absolute atomic E-state index is 12.8. The van der Waals surface area contributed by atoms with E-state index in [9.17, 15) is 9.18 Å². The molecule has 0 amide bonds. The molecule has 1 rings (SSSR count). The second-order valence-electron chi connectivity index (χ2n) is 4.89. The van der Waals surface area contributed by atoms with E-state index in [0.29, 0.717) is 12.1 Å². The van der Waals surface area contributed by atoms with Crippen molar-refractivity contribution in [1.29, 1.82) is 0 Å².